The third kappa shape index (κ3) is 2.45. The van der Waals surface area contributed by atoms with Gasteiger partial charge in [-0.3, -0.25) is 0 Å². The molecule has 0 radical (unpaired) electrons. The summed E-state index contributed by atoms with van der Waals surface area (Å²) in [5, 5.41) is 1.31. The lowest BCUT2D eigenvalue weighted by molar-refractivity contribution is 0.263. The first-order valence-corrected chi connectivity index (χ1v) is 5.19. The van der Waals surface area contributed by atoms with Crippen LogP contribution in [0.25, 0.3) is 0 Å². The molecule has 1 heterocycles. The molecule has 1 aliphatic rings. The standard InChI is InChI=1S/C9H7Cl3O2/c10-6-1-8(12)9(2-7(6)11)14-4-5-3-13-5/h1-2,5H,3-4H2. The summed E-state index contributed by atoms with van der Waals surface area (Å²) in [7, 11) is 0. The molecule has 0 aromatic heterocycles. The smallest absolute Gasteiger partial charge is 0.139 e. The molecule has 0 bridgehead atoms. The zero-order valence-corrected chi connectivity index (χ0v) is 9.36. The average molecular weight is 254 g/mol. The molecule has 0 saturated carbocycles. The summed E-state index contributed by atoms with van der Waals surface area (Å²) in [6, 6.07) is 3.17. The van der Waals surface area contributed by atoms with Crippen LogP contribution in [-0.2, 0) is 4.74 Å². The summed E-state index contributed by atoms with van der Waals surface area (Å²) in [6.07, 6.45) is 0.195. The van der Waals surface area contributed by atoms with Gasteiger partial charge in [0.2, 0.25) is 0 Å². The summed E-state index contributed by atoms with van der Waals surface area (Å²) in [5.74, 6) is 0.538. The van der Waals surface area contributed by atoms with E-state index < -0.39 is 0 Å². The van der Waals surface area contributed by atoms with Crippen LogP contribution >= 0.6 is 34.8 Å². The van der Waals surface area contributed by atoms with E-state index in [1.165, 1.54) is 0 Å². The predicted molar refractivity (Wildman–Crippen MR) is 56.7 cm³/mol. The first-order valence-electron chi connectivity index (χ1n) is 4.06. The first-order chi connectivity index (χ1) is 6.66. The van der Waals surface area contributed by atoms with Crippen LogP contribution in [-0.4, -0.2) is 19.3 Å². The van der Waals surface area contributed by atoms with Crippen molar-refractivity contribution in [1.29, 1.82) is 0 Å². The van der Waals surface area contributed by atoms with Gasteiger partial charge in [0.1, 0.15) is 18.5 Å². The molecule has 1 aliphatic heterocycles. The maximum Gasteiger partial charge on any atom is 0.139 e. The van der Waals surface area contributed by atoms with E-state index in [2.05, 4.69) is 0 Å². The number of rotatable bonds is 3. The Morgan fingerprint density at radius 3 is 2.50 bits per heavy atom. The summed E-state index contributed by atoms with van der Waals surface area (Å²) in [4.78, 5) is 0. The molecule has 5 heteroatoms. The molecule has 2 rings (SSSR count). The zero-order valence-electron chi connectivity index (χ0n) is 7.10. The second-order valence-corrected chi connectivity index (χ2v) is 4.18. The van der Waals surface area contributed by atoms with Gasteiger partial charge in [-0.1, -0.05) is 34.8 Å². The lowest BCUT2D eigenvalue weighted by Crippen LogP contribution is -2.04. The second-order valence-electron chi connectivity index (χ2n) is 2.96. The predicted octanol–water partition coefficient (Wildman–Crippen LogP) is 3.42. The van der Waals surface area contributed by atoms with Crippen LogP contribution in [0.1, 0.15) is 0 Å². The number of hydrogen-bond acceptors (Lipinski definition) is 2. The molecule has 1 aromatic carbocycles. The van der Waals surface area contributed by atoms with Gasteiger partial charge in [0.05, 0.1) is 21.7 Å². The number of epoxide rings is 1. The van der Waals surface area contributed by atoms with Gasteiger partial charge < -0.3 is 9.47 Å². The van der Waals surface area contributed by atoms with Gasteiger partial charge in [0, 0.05) is 6.07 Å². The molecule has 0 amide bonds. The highest BCUT2D eigenvalue weighted by Gasteiger charge is 2.23. The van der Waals surface area contributed by atoms with E-state index in [4.69, 9.17) is 44.3 Å². The monoisotopic (exact) mass is 252 g/mol. The Bertz CT molecular complexity index is 350. The summed E-state index contributed by atoms with van der Waals surface area (Å²) < 4.78 is 10.4. The van der Waals surface area contributed by atoms with Gasteiger partial charge in [-0.05, 0) is 6.07 Å². The molecule has 1 saturated heterocycles. The van der Waals surface area contributed by atoms with Gasteiger partial charge in [0.15, 0.2) is 0 Å². The molecule has 0 spiro atoms. The summed E-state index contributed by atoms with van der Waals surface area (Å²) in [6.45, 7) is 1.25. The number of halogens is 3. The van der Waals surface area contributed by atoms with Crippen molar-refractivity contribution >= 4 is 34.8 Å². The molecular formula is C9H7Cl3O2. The first kappa shape index (κ1) is 10.4. The highest BCUT2D eigenvalue weighted by atomic mass is 35.5. The Kier molecular flexibility index (Phi) is 3.07. The molecule has 1 fully saturated rings. The van der Waals surface area contributed by atoms with Gasteiger partial charge in [-0.2, -0.15) is 0 Å². The largest absolute Gasteiger partial charge is 0.489 e. The fourth-order valence-electron chi connectivity index (χ4n) is 0.962. The van der Waals surface area contributed by atoms with E-state index in [1.54, 1.807) is 12.1 Å². The van der Waals surface area contributed by atoms with Crippen LogP contribution in [0.2, 0.25) is 15.1 Å². The lowest BCUT2D eigenvalue weighted by Gasteiger charge is -2.07. The van der Waals surface area contributed by atoms with Crippen molar-refractivity contribution in [3.63, 3.8) is 0 Å². The third-order valence-electron chi connectivity index (χ3n) is 1.80. The van der Waals surface area contributed by atoms with Crippen LogP contribution in [0.3, 0.4) is 0 Å². The number of hydrogen-bond donors (Lipinski definition) is 0. The van der Waals surface area contributed by atoms with Gasteiger partial charge in [-0.25, -0.2) is 0 Å². The molecular weight excluding hydrogens is 246 g/mol. The van der Waals surface area contributed by atoms with Crippen molar-refractivity contribution in [2.45, 2.75) is 6.10 Å². The van der Waals surface area contributed by atoms with E-state index in [9.17, 15) is 0 Å². The normalized spacial score (nSPS) is 19.5. The van der Waals surface area contributed by atoms with E-state index in [-0.39, 0.29) is 6.10 Å². The highest BCUT2D eigenvalue weighted by molar-refractivity contribution is 6.43. The van der Waals surface area contributed by atoms with Gasteiger partial charge in [-0.15, -0.1) is 0 Å². The van der Waals surface area contributed by atoms with Crippen molar-refractivity contribution < 1.29 is 9.47 Å². The lowest BCUT2D eigenvalue weighted by atomic mass is 10.3. The van der Waals surface area contributed by atoms with Crippen molar-refractivity contribution in [1.82, 2.24) is 0 Å². The molecule has 1 atom stereocenters. The third-order valence-corrected chi connectivity index (χ3v) is 2.82. The SMILES string of the molecule is Clc1cc(Cl)c(OCC2CO2)cc1Cl. The Morgan fingerprint density at radius 2 is 1.86 bits per heavy atom. The Morgan fingerprint density at radius 1 is 1.21 bits per heavy atom. The van der Waals surface area contributed by atoms with Crippen molar-refractivity contribution in [2.75, 3.05) is 13.2 Å². The topological polar surface area (TPSA) is 21.8 Å². The quantitative estimate of drug-likeness (QED) is 0.608. The zero-order chi connectivity index (χ0) is 10.1. The molecule has 76 valence electrons. The van der Waals surface area contributed by atoms with Crippen molar-refractivity contribution in [2.24, 2.45) is 0 Å². The maximum absolute atomic E-state index is 5.90. The van der Waals surface area contributed by atoms with Crippen molar-refractivity contribution in [3.8, 4) is 5.75 Å². The van der Waals surface area contributed by atoms with E-state index in [1.807, 2.05) is 0 Å². The fourth-order valence-corrected chi connectivity index (χ4v) is 1.55. The fraction of sp³-hybridized carbons (Fsp3) is 0.333. The van der Waals surface area contributed by atoms with Gasteiger partial charge in [0.25, 0.3) is 0 Å². The highest BCUT2D eigenvalue weighted by Crippen LogP contribution is 2.34. The summed E-state index contributed by atoms with van der Waals surface area (Å²) in [5.41, 5.74) is 0. The molecule has 14 heavy (non-hydrogen) atoms. The molecule has 2 nitrogen and oxygen atoms in total. The molecule has 1 unspecified atom stereocenters. The van der Waals surface area contributed by atoms with Crippen LogP contribution in [0.15, 0.2) is 12.1 Å². The number of benzene rings is 1. The van der Waals surface area contributed by atoms with E-state index in [0.717, 1.165) is 6.61 Å². The van der Waals surface area contributed by atoms with E-state index in [0.29, 0.717) is 27.4 Å². The van der Waals surface area contributed by atoms with Crippen LogP contribution in [0.4, 0.5) is 0 Å². The molecule has 0 aliphatic carbocycles. The Labute approximate surface area is 96.7 Å². The minimum Gasteiger partial charge on any atom is -0.489 e. The number of ether oxygens (including phenoxy) is 2. The van der Waals surface area contributed by atoms with Crippen LogP contribution in [0.5, 0.6) is 5.75 Å². The van der Waals surface area contributed by atoms with Gasteiger partial charge >= 0.3 is 0 Å². The Balaban J connectivity index is 2.10. The minimum absolute atomic E-state index is 0.195. The van der Waals surface area contributed by atoms with Crippen molar-refractivity contribution in [3.05, 3.63) is 27.2 Å². The molecule has 1 aromatic rings. The minimum atomic E-state index is 0.195. The summed E-state index contributed by atoms with van der Waals surface area (Å²) >= 11 is 17.5. The van der Waals surface area contributed by atoms with Crippen LogP contribution in [0, 0.1) is 0 Å². The van der Waals surface area contributed by atoms with E-state index >= 15 is 0 Å². The Hall–Kier alpha value is -0.150. The van der Waals surface area contributed by atoms with Crippen LogP contribution < -0.4 is 4.74 Å². The average Bonchev–Trinajstić information content (AvgIpc) is 2.92. The second kappa shape index (κ2) is 4.15. The molecule has 0 N–H and O–H groups in total. The maximum atomic E-state index is 5.90.